The molecule has 0 radical (unpaired) electrons. The van der Waals surface area contributed by atoms with Crippen molar-refractivity contribution >= 4 is 40.1 Å². The number of ether oxygens (including phenoxy) is 1. The fraction of sp³-hybridized carbons (Fsp3) is 0.333. The number of amides is 1. The Balaban J connectivity index is 2.35. The zero-order chi connectivity index (χ0) is 15.6. The Bertz CT molecular complexity index is 685. The van der Waals surface area contributed by atoms with E-state index in [1.807, 2.05) is 0 Å². The predicted molar refractivity (Wildman–Crippen MR) is 80.7 cm³/mol. The summed E-state index contributed by atoms with van der Waals surface area (Å²) in [6.45, 7) is 5.33. The highest BCUT2D eigenvalue weighted by atomic mass is 35.5. The molecule has 0 aliphatic rings. The SMILES string of the molecule is CC(C)(C)OC(=O)c1cc2cccc(NC(=O)CCl)c2o1. The van der Waals surface area contributed by atoms with Gasteiger partial charge in [0.1, 0.15) is 11.5 Å². The molecule has 1 amide bonds. The first-order chi connectivity index (χ1) is 9.80. The molecule has 0 unspecified atom stereocenters. The second-order valence-corrected chi connectivity index (χ2v) is 5.79. The smallest absolute Gasteiger partial charge is 0.374 e. The fourth-order valence-corrected chi connectivity index (χ4v) is 1.84. The maximum absolute atomic E-state index is 12.0. The molecule has 0 atom stereocenters. The molecule has 0 spiro atoms. The van der Waals surface area contributed by atoms with Gasteiger partial charge < -0.3 is 14.5 Å². The second-order valence-electron chi connectivity index (χ2n) is 5.52. The number of anilines is 1. The first-order valence-electron chi connectivity index (χ1n) is 6.42. The van der Waals surface area contributed by atoms with E-state index in [1.165, 1.54) is 0 Å². The minimum absolute atomic E-state index is 0.0903. The molecule has 0 saturated carbocycles. The number of fused-ring (bicyclic) bond motifs is 1. The van der Waals surface area contributed by atoms with Gasteiger partial charge in [0.05, 0.1) is 5.69 Å². The van der Waals surface area contributed by atoms with Crippen LogP contribution in [-0.2, 0) is 9.53 Å². The Labute approximate surface area is 127 Å². The van der Waals surface area contributed by atoms with Crippen LogP contribution in [0, 0.1) is 0 Å². The zero-order valence-corrected chi connectivity index (χ0v) is 12.8. The van der Waals surface area contributed by atoms with Gasteiger partial charge in [-0.25, -0.2) is 4.79 Å². The standard InChI is InChI=1S/C15H16ClNO4/c1-15(2,3)21-14(19)11-7-9-5-4-6-10(13(9)20-11)17-12(18)8-16/h4-7H,8H2,1-3H3,(H,17,18). The molecule has 1 aromatic heterocycles. The fourth-order valence-electron chi connectivity index (χ4n) is 1.77. The lowest BCUT2D eigenvalue weighted by Crippen LogP contribution is -2.23. The van der Waals surface area contributed by atoms with Gasteiger partial charge in [-0.05, 0) is 32.9 Å². The molecule has 5 nitrogen and oxygen atoms in total. The van der Waals surface area contributed by atoms with Gasteiger partial charge in [0.2, 0.25) is 11.7 Å². The summed E-state index contributed by atoms with van der Waals surface area (Å²) in [5.41, 5.74) is 0.274. The number of rotatable bonds is 3. The predicted octanol–water partition coefficient (Wildman–Crippen LogP) is 3.57. The third-order valence-electron chi connectivity index (χ3n) is 2.54. The molecule has 0 fully saturated rings. The van der Waals surface area contributed by atoms with Gasteiger partial charge in [0.15, 0.2) is 5.58 Å². The van der Waals surface area contributed by atoms with Gasteiger partial charge in [0, 0.05) is 5.39 Å². The first kappa shape index (κ1) is 15.4. The van der Waals surface area contributed by atoms with Crippen LogP contribution in [0.15, 0.2) is 28.7 Å². The van der Waals surface area contributed by atoms with Crippen molar-refractivity contribution < 1.29 is 18.7 Å². The largest absolute Gasteiger partial charge is 0.454 e. The Morgan fingerprint density at radius 1 is 1.33 bits per heavy atom. The highest BCUT2D eigenvalue weighted by molar-refractivity contribution is 6.29. The quantitative estimate of drug-likeness (QED) is 0.695. The monoisotopic (exact) mass is 309 g/mol. The number of alkyl halides is 1. The number of nitrogens with one attached hydrogen (secondary N) is 1. The van der Waals surface area contributed by atoms with Crippen molar-refractivity contribution in [2.24, 2.45) is 0 Å². The maximum atomic E-state index is 12.0. The van der Waals surface area contributed by atoms with Crippen molar-refractivity contribution in [2.75, 3.05) is 11.2 Å². The number of hydrogen-bond donors (Lipinski definition) is 1. The van der Waals surface area contributed by atoms with E-state index in [9.17, 15) is 9.59 Å². The number of hydrogen-bond acceptors (Lipinski definition) is 4. The average Bonchev–Trinajstić information content (AvgIpc) is 2.81. The van der Waals surface area contributed by atoms with Gasteiger partial charge in [-0.3, -0.25) is 4.79 Å². The molecule has 1 N–H and O–H groups in total. The molecular weight excluding hydrogens is 294 g/mol. The number of para-hydroxylation sites is 1. The minimum atomic E-state index is -0.605. The zero-order valence-electron chi connectivity index (χ0n) is 12.0. The van der Waals surface area contributed by atoms with E-state index >= 15 is 0 Å². The number of carbonyl (C=O) groups is 2. The van der Waals surface area contributed by atoms with Gasteiger partial charge in [-0.1, -0.05) is 12.1 Å². The number of furan rings is 1. The third-order valence-corrected chi connectivity index (χ3v) is 2.78. The van der Waals surface area contributed by atoms with E-state index in [1.54, 1.807) is 45.0 Å². The topological polar surface area (TPSA) is 68.5 Å². The van der Waals surface area contributed by atoms with E-state index in [0.29, 0.717) is 16.7 Å². The molecule has 6 heteroatoms. The van der Waals surface area contributed by atoms with Crippen LogP contribution >= 0.6 is 11.6 Å². The third kappa shape index (κ3) is 3.76. The summed E-state index contributed by atoms with van der Waals surface area (Å²) >= 11 is 5.46. The van der Waals surface area contributed by atoms with Crippen molar-refractivity contribution in [3.8, 4) is 0 Å². The molecule has 1 heterocycles. The summed E-state index contributed by atoms with van der Waals surface area (Å²) < 4.78 is 10.8. The highest BCUT2D eigenvalue weighted by Crippen LogP contribution is 2.28. The van der Waals surface area contributed by atoms with Crippen LogP contribution in [0.5, 0.6) is 0 Å². The number of benzene rings is 1. The number of esters is 1. The van der Waals surface area contributed by atoms with Crippen molar-refractivity contribution in [1.29, 1.82) is 0 Å². The molecule has 0 bridgehead atoms. The highest BCUT2D eigenvalue weighted by Gasteiger charge is 2.22. The van der Waals surface area contributed by atoms with Crippen LogP contribution in [0.1, 0.15) is 31.3 Å². The van der Waals surface area contributed by atoms with E-state index in [0.717, 1.165) is 0 Å². The molecule has 21 heavy (non-hydrogen) atoms. The minimum Gasteiger partial charge on any atom is -0.454 e. The van der Waals surface area contributed by atoms with Crippen LogP contribution in [-0.4, -0.2) is 23.4 Å². The van der Waals surface area contributed by atoms with Crippen LogP contribution in [0.25, 0.3) is 11.0 Å². The lowest BCUT2D eigenvalue weighted by Gasteiger charge is -2.18. The Kier molecular flexibility index (Phi) is 4.23. The van der Waals surface area contributed by atoms with E-state index in [-0.39, 0.29) is 17.5 Å². The summed E-state index contributed by atoms with van der Waals surface area (Å²) in [5.74, 6) is -0.962. The number of carbonyl (C=O) groups excluding carboxylic acids is 2. The van der Waals surface area contributed by atoms with Crippen molar-refractivity contribution in [2.45, 2.75) is 26.4 Å². The van der Waals surface area contributed by atoms with E-state index in [2.05, 4.69) is 5.32 Å². The Morgan fingerprint density at radius 3 is 2.67 bits per heavy atom. The molecule has 0 aliphatic heterocycles. The maximum Gasteiger partial charge on any atom is 0.374 e. The summed E-state index contributed by atoms with van der Waals surface area (Å²) in [5, 5.41) is 3.32. The van der Waals surface area contributed by atoms with Gasteiger partial charge in [-0.2, -0.15) is 0 Å². The van der Waals surface area contributed by atoms with Gasteiger partial charge in [0.25, 0.3) is 0 Å². The normalized spacial score (nSPS) is 11.4. The van der Waals surface area contributed by atoms with Gasteiger partial charge >= 0.3 is 5.97 Å². The van der Waals surface area contributed by atoms with Crippen molar-refractivity contribution in [3.05, 3.63) is 30.0 Å². The molecule has 2 rings (SSSR count). The van der Waals surface area contributed by atoms with Crippen molar-refractivity contribution in [1.82, 2.24) is 0 Å². The summed E-state index contributed by atoms with van der Waals surface area (Å²) in [6, 6.07) is 6.79. The van der Waals surface area contributed by atoms with Crippen LogP contribution in [0.3, 0.4) is 0 Å². The summed E-state index contributed by atoms with van der Waals surface area (Å²) in [4.78, 5) is 23.4. The summed E-state index contributed by atoms with van der Waals surface area (Å²) in [7, 11) is 0. The van der Waals surface area contributed by atoms with Crippen molar-refractivity contribution in [3.63, 3.8) is 0 Å². The number of halogens is 1. The molecule has 1 aromatic carbocycles. The molecule has 112 valence electrons. The second kappa shape index (κ2) is 5.77. The Hall–Kier alpha value is -2.01. The molecule has 0 saturated heterocycles. The molecule has 2 aromatic rings. The van der Waals surface area contributed by atoms with Gasteiger partial charge in [-0.15, -0.1) is 11.6 Å². The van der Waals surface area contributed by atoms with Crippen LogP contribution < -0.4 is 5.32 Å². The lowest BCUT2D eigenvalue weighted by molar-refractivity contribution is -0.113. The summed E-state index contributed by atoms with van der Waals surface area (Å²) in [6.07, 6.45) is 0. The molecule has 0 aliphatic carbocycles. The van der Waals surface area contributed by atoms with Crippen LogP contribution in [0.4, 0.5) is 5.69 Å². The van der Waals surface area contributed by atoms with E-state index in [4.69, 9.17) is 20.8 Å². The first-order valence-corrected chi connectivity index (χ1v) is 6.95. The Morgan fingerprint density at radius 2 is 2.05 bits per heavy atom. The van der Waals surface area contributed by atoms with Crippen LogP contribution in [0.2, 0.25) is 0 Å². The lowest BCUT2D eigenvalue weighted by atomic mass is 10.2. The molecular formula is C15H16ClNO4. The van der Waals surface area contributed by atoms with E-state index < -0.39 is 11.6 Å². The average molecular weight is 310 g/mol.